The van der Waals surface area contributed by atoms with Crippen molar-refractivity contribution in [3.05, 3.63) is 0 Å². The number of hydrogen-bond acceptors (Lipinski definition) is 5. The number of ether oxygens (including phenoxy) is 5. The van der Waals surface area contributed by atoms with E-state index in [1.165, 1.54) is 0 Å². The van der Waals surface area contributed by atoms with E-state index in [1.54, 1.807) is 14.2 Å². The van der Waals surface area contributed by atoms with Gasteiger partial charge in [-0.25, -0.2) is 0 Å². The molecule has 0 spiro atoms. The van der Waals surface area contributed by atoms with Gasteiger partial charge in [0.05, 0.1) is 0 Å². The van der Waals surface area contributed by atoms with Gasteiger partial charge in [-0.1, -0.05) is 27.7 Å². The lowest BCUT2D eigenvalue weighted by molar-refractivity contribution is -0.217. The van der Waals surface area contributed by atoms with Crippen LogP contribution in [0.25, 0.3) is 0 Å². The largest absolute Gasteiger partial charge is 0.363 e. The molecule has 0 radical (unpaired) electrons. The van der Waals surface area contributed by atoms with Crippen molar-refractivity contribution in [3.63, 3.8) is 0 Å². The first-order valence-corrected chi connectivity index (χ1v) is 6.94. The molecular formula is C14H26O5. The molecule has 0 aromatic carbocycles. The number of methoxy groups -OCH3 is 2. The van der Waals surface area contributed by atoms with Crippen LogP contribution in [0.5, 0.6) is 0 Å². The SMILES string of the molecule is COC1(C(OC(C(C)C)C2(OC)CO2)C(C)C)CO1. The zero-order chi connectivity index (χ0) is 14.3. The molecule has 0 N–H and O–H groups in total. The van der Waals surface area contributed by atoms with Gasteiger partial charge in [0.25, 0.3) is 0 Å². The fraction of sp³-hybridized carbons (Fsp3) is 1.00. The molecule has 5 heteroatoms. The van der Waals surface area contributed by atoms with E-state index in [-0.39, 0.29) is 24.0 Å². The zero-order valence-electron chi connectivity index (χ0n) is 12.8. The lowest BCUT2D eigenvalue weighted by Crippen LogP contribution is -2.48. The maximum Gasteiger partial charge on any atom is 0.219 e. The van der Waals surface area contributed by atoms with Crippen molar-refractivity contribution in [3.8, 4) is 0 Å². The molecule has 0 bridgehead atoms. The fourth-order valence-corrected chi connectivity index (χ4v) is 2.63. The average Bonchev–Trinajstić information content (AvgIpc) is 3.24. The first kappa shape index (κ1) is 15.2. The smallest absolute Gasteiger partial charge is 0.219 e. The summed E-state index contributed by atoms with van der Waals surface area (Å²) in [5.41, 5.74) is 0. The van der Waals surface area contributed by atoms with Crippen molar-refractivity contribution in [2.24, 2.45) is 11.8 Å². The Morgan fingerprint density at radius 1 is 0.789 bits per heavy atom. The van der Waals surface area contributed by atoms with Crippen LogP contribution in [0, 0.1) is 11.8 Å². The Hall–Kier alpha value is -0.200. The maximum absolute atomic E-state index is 6.31. The molecule has 2 fully saturated rings. The van der Waals surface area contributed by atoms with Gasteiger partial charge < -0.3 is 23.7 Å². The van der Waals surface area contributed by atoms with Gasteiger partial charge in [-0.05, 0) is 11.8 Å². The van der Waals surface area contributed by atoms with Crippen molar-refractivity contribution in [1.29, 1.82) is 0 Å². The standard InChI is InChI=1S/C14H26O5/c1-9(2)11(13(15-5)7-17-13)19-12(10(3)4)14(16-6)8-18-14/h9-12H,7-8H2,1-6H3. The van der Waals surface area contributed by atoms with Crippen LogP contribution in [-0.4, -0.2) is 51.2 Å². The minimum Gasteiger partial charge on any atom is -0.363 e. The van der Waals surface area contributed by atoms with Gasteiger partial charge >= 0.3 is 0 Å². The number of rotatable bonds is 8. The molecule has 0 amide bonds. The van der Waals surface area contributed by atoms with Gasteiger partial charge in [0.15, 0.2) is 0 Å². The highest BCUT2D eigenvalue weighted by molar-refractivity contribution is 4.98. The van der Waals surface area contributed by atoms with Crippen molar-refractivity contribution in [2.75, 3.05) is 27.4 Å². The predicted molar refractivity (Wildman–Crippen MR) is 69.7 cm³/mol. The molecule has 4 atom stereocenters. The second-order valence-corrected chi connectivity index (χ2v) is 6.07. The van der Waals surface area contributed by atoms with E-state index in [0.29, 0.717) is 13.2 Å². The molecule has 4 unspecified atom stereocenters. The third kappa shape index (κ3) is 2.81. The monoisotopic (exact) mass is 274 g/mol. The lowest BCUT2D eigenvalue weighted by atomic mass is 9.97. The second kappa shape index (κ2) is 5.30. The fourth-order valence-electron chi connectivity index (χ4n) is 2.63. The van der Waals surface area contributed by atoms with Crippen LogP contribution in [-0.2, 0) is 23.7 Å². The topological polar surface area (TPSA) is 52.8 Å². The third-order valence-electron chi connectivity index (χ3n) is 3.92. The van der Waals surface area contributed by atoms with Gasteiger partial charge in [-0.2, -0.15) is 0 Å². The summed E-state index contributed by atoms with van der Waals surface area (Å²) in [7, 11) is 3.33. The summed E-state index contributed by atoms with van der Waals surface area (Å²) in [6.45, 7) is 9.60. The van der Waals surface area contributed by atoms with E-state index in [1.807, 2.05) is 0 Å². The molecule has 112 valence electrons. The Kier molecular flexibility index (Phi) is 4.23. The van der Waals surface area contributed by atoms with Crippen molar-refractivity contribution in [2.45, 2.75) is 51.5 Å². The predicted octanol–water partition coefficient (Wildman–Crippen LogP) is 1.80. The first-order chi connectivity index (χ1) is 8.91. The molecule has 0 aromatic rings. The number of hydrogen-bond donors (Lipinski definition) is 0. The summed E-state index contributed by atoms with van der Waals surface area (Å²) >= 11 is 0. The van der Waals surface area contributed by atoms with Crippen molar-refractivity contribution >= 4 is 0 Å². The summed E-state index contributed by atoms with van der Waals surface area (Å²) in [5, 5.41) is 0. The van der Waals surface area contributed by atoms with E-state index >= 15 is 0 Å². The van der Waals surface area contributed by atoms with Gasteiger partial charge in [0.2, 0.25) is 11.6 Å². The van der Waals surface area contributed by atoms with Crippen LogP contribution in [0.15, 0.2) is 0 Å². The van der Waals surface area contributed by atoms with Crippen LogP contribution in [0.2, 0.25) is 0 Å². The van der Waals surface area contributed by atoms with E-state index in [4.69, 9.17) is 23.7 Å². The summed E-state index contributed by atoms with van der Waals surface area (Å²) in [6.07, 6.45) is -0.248. The van der Waals surface area contributed by atoms with Crippen LogP contribution in [0.4, 0.5) is 0 Å². The van der Waals surface area contributed by atoms with Gasteiger partial charge in [-0.15, -0.1) is 0 Å². The van der Waals surface area contributed by atoms with Gasteiger partial charge in [0, 0.05) is 14.2 Å². The second-order valence-electron chi connectivity index (χ2n) is 6.07. The van der Waals surface area contributed by atoms with Crippen LogP contribution >= 0.6 is 0 Å². The summed E-state index contributed by atoms with van der Waals surface area (Å²) in [6, 6.07) is 0. The Morgan fingerprint density at radius 2 is 1.11 bits per heavy atom. The number of epoxide rings is 2. The molecule has 0 saturated carbocycles. The molecule has 2 heterocycles. The van der Waals surface area contributed by atoms with Crippen LogP contribution in [0.1, 0.15) is 27.7 Å². The summed E-state index contributed by atoms with van der Waals surface area (Å²) in [5.74, 6) is -0.608. The molecule has 19 heavy (non-hydrogen) atoms. The van der Waals surface area contributed by atoms with Gasteiger partial charge in [0.1, 0.15) is 25.4 Å². The van der Waals surface area contributed by atoms with Crippen LogP contribution in [0.3, 0.4) is 0 Å². The van der Waals surface area contributed by atoms with E-state index < -0.39 is 11.6 Å². The quantitative estimate of drug-likeness (QED) is 0.632. The highest BCUT2D eigenvalue weighted by atomic mass is 16.8. The maximum atomic E-state index is 6.31. The molecule has 0 aromatic heterocycles. The molecule has 0 aliphatic carbocycles. The third-order valence-corrected chi connectivity index (χ3v) is 3.92. The lowest BCUT2D eigenvalue weighted by Gasteiger charge is -2.34. The zero-order valence-corrected chi connectivity index (χ0v) is 12.8. The van der Waals surface area contributed by atoms with Crippen LogP contribution < -0.4 is 0 Å². The molecule has 2 aliphatic heterocycles. The Morgan fingerprint density at radius 3 is 1.26 bits per heavy atom. The van der Waals surface area contributed by atoms with E-state index in [2.05, 4.69) is 27.7 Å². The van der Waals surface area contributed by atoms with E-state index in [9.17, 15) is 0 Å². The molecule has 2 rings (SSSR count). The Labute approximate surface area is 115 Å². The Balaban J connectivity index is 2.10. The molecule has 2 aliphatic rings. The van der Waals surface area contributed by atoms with Gasteiger partial charge in [-0.3, -0.25) is 0 Å². The molecule has 2 saturated heterocycles. The summed E-state index contributed by atoms with van der Waals surface area (Å²) < 4.78 is 28.3. The minimum absolute atomic E-state index is 0.124. The van der Waals surface area contributed by atoms with Crippen molar-refractivity contribution in [1.82, 2.24) is 0 Å². The highest BCUT2D eigenvalue weighted by Crippen LogP contribution is 2.43. The average molecular weight is 274 g/mol. The molecular weight excluding hydrogens is 248 g/mol. The Bertz CT molecular complexity index is 277. The van der Waals surface area contributed by atoms with Crippen molar-refractivity contribution < 1.29 is 23.7 Å². The minimum atomic E-state index is -0.592. The highest BCUT2D eigenvalue weighted by Gasteiger charge is 2.60. The summed E-state index contributed by atoms with van der Waals surface area (Å²) in [4.78, 5) is 0. The van der Waals surface area contributed by atoms with E-state index in [0.717, 1.165) is 0 Å². The first-order valence-electron chi connectivity index (χ1n) is 6.94. The molecule has 5 nitrogen and oxygen atoms in total. The normalized spacial score (nSPS) is 36.6.